The highest BCUT2D eigenvalue weighted by Crippen LogP contribution is 2.45. The number of ether oxygens (including phenoxy) is 6. The number of halogens is 6. The number of esters is 2. The largest absolute Gasteiger partial charge is 0.497 e. The first-order chi connectivity index (χ1) is 22.7. The normalized spacial score (nSPS) is 15.6. The molecule has 2 unspecified atom stereocenters. The summed E-state index contributed by atoms with van der Waals surface area (Å²) < 4.78 is 118. The van der Waals surface area contributed by atoms with E-state index in [1.165, 1.54) is 43.5 Å². The predicted octanol–water partition coefficient (Wildman–Crippen LogP) is 6.27. The minimum atomic E-state index is -5.40. The van der Waals surface area contributed by atoms with Crippen molar-refractivity contribution in [2.24, 2.45) is 0 Å². The fourth-order valence-electron chi connectivity index (χ4n) is 4.79. The van der Waals surface area contributed by atoms with Gasteiger partial charge < -0.3 is 28.4 Å². The van der Waals surface area contributed by atoms with Crippen molar-refractivity contribution in [2.75, 3.05) is 27.9 Å². The van der Waals surface area contributed by atoms with Crippen LogP contribution in [0.15, 0.2) is 84.9 Å². The van der Waals surface area contributed by atoms with Gasteiger partial charge in [-0.3, -0.25) is 0 Å². The van der Waals surface area contributed by atoms with Crippen molar-refractivity contribution in [1.82, 2.24) is 0 Å². The van der Waals surface area contributed by atoms with E-state index in [0.717, 1.165) is 24.3 Å². The maximum Gasteiger partial charge on any atom is 0.432 e. The second kappa shape index (κ2) is 16.0. The van der Waals surface area contributed by atoms with E-state index < -0.39 is 65.2 Å². The molecule has 0 amide bonds. The Morgan fingerprint density at radius 3 is 1.56 bits per heavy atom. The Kier molecular flexibility index (Phi) is 12.6. The molecule has 8 nitrogen and oxygen atoms in total. The van der Waals surface area contributed by atoms with Crippen LogP contribution in [-0.2, 0) is 51.1 Å². The van der Waals surface area contributed by atoms with E-state index in [4.69, 9.17) is 34.8 Å². The molecule has 3 aromatic carbocycles. The van der Waals surface area contributed by atoms with E-state index in [2.05, 4.69) is 0 Å². The van der Waals surface area contributed by atoms with Gasteiger partial charge in [0, 0.05) is 31.8 Å². The van der Waals surface area contributed by atoms with Crippen LogP contribution in [0.3, 0.4) is 0 Å². The lowest BCUT2D eigenvalue weighted by molar-refractivity contribution is -0.284. The Bertz CT molecular complexity index is 1520. The lowest BCUT2D eigenvalue weighted by Gasteiger charge is -2.36. The summed E-state index contributed by atoms with van der Waals surface area (Å²) in [6.07, 6.45) is -9.88. The fourth-order valence-corrected chi connectivity index (χ4v) is 4.79. The van der Waals surface area contributed by atoms with Gasteiger partial charge in [0.25, 0.3) is 11.2 Å². The van der Waals surface area contributed by atoms with Crippen LogP contribution < -0.4 is 4.74 Å². The summed E-state index contributed by atoms with van der Waals surface area (Å²) in [6, 6.07) is 18.2. The number of methoxy groups -OCH3 is 3. The number of rotatable bonds is 15. The monoisotopic (exact) mass is 682 g/mol. The average molecular weight is 683 g/mol. The van der Waals surface area contributed by atoms with Crippen LogP contribution in [0.25, 0.3) is 0 Å². The van der Waals surface area contributed by atoms with Crippen molar-refractivity contribution in [2.45, 2.75) is 48.8 Å². The SMILES string of the molecule is C#C[C@H](OC(=O)C(OC)(c1ccccc1)C(F)(F)F)[C@H](CCOCc1ccc(OC)cc1)OC(=O)C(OC)(c1ccccc1)C(F)(F)F. The van der Waals surface area contributed by atoms with Gasteiger partial charge in [0.15, 0.2) is 12.2 Å². The summed E-state index contributed by atoms with van der Waals surface area (Å²) in [7, 11) is 2.72. The lowest BCUT2D eigenvalue weighted by Crippen LogP contribution is -2.55. The van der Waals surface area contributed by atoms with Gasteiger partial charge in [-0.1, -0.05) is 78.7 Å². The van der Waals surface area contributed by atoms with Crippen molar-refractivity contribution >= 4 is 11.9 Å². The summed E-state index contributed by atoms with van der Waals surface area (Å²) in [5.74, 6) is -1.58. The molecule has 48 heavy (non-hydrogen) atoms. The molecule has 0 aliphatic rings. The summed E-state index contributed by atoms with van der Waals surface area (Å²) in [6.45, 7) is -0.390. The molecule has 3 rings (SSSR count). The molecular formula is C34H32F6O8. The minimum Gasteiger partial charge on any atom is -0.497 e. The maximum atomic E-state index is 14.6. The number of carbonyl (C=O) groups excluding carboxylic acids is 2. The van der Waals surface area contributed by atoms with Gasteiger partial charge >= 0.3 is 24.3 Å². The average Bonchev–Trinajstić information content (AvgIpc) is 3.06. The van der Waals surface area contributed by atoms with Crippen LogP contribution >= 0.6 is 0 Å². The molecule has 0 N–H and O–H groups in total. The molecule has 0 aromatic heterocycles. The molecule has 258 valence electrons. The van der Waals surface area contributed by atoms with Crippen LogP contribution in [0.4, 0.5) is 26.3 Å². The third kappa shape index (κ3) is 7.92. The number of benzene rings is 3. The number of hydrogen-bond donors (Lipinski definition) is 0. The number of carbonyl (C=O) groups is 2. The van der Waals surface area contributed by atoms with Crippen LogP contribution in [-0.4, -0.2) is 64.4 Å². The Labute approximate surface area is 272 Å². The molecule has 0 aliphatic heterocycles. The molecule has 0 saturated heterocycles. The second-order valence-electron chi connectivity index (χ2n) is 10.1. The zero-order chi connectivity index (χ0) is 35.6. The molecule has 0 radical (unpaired) electrons. The van der Waals surface area contributed by atoms with Crippen molar-refractivity contribution in [3.63, 3.8) is 0 Å². The molecule has 0 heterocycles. The van der Waals surface area contributed by atoms with E-state index >= 15 is 0 Å². The highest BCUT2D eigenvalue weighted by atomic mass is 19.4. The molecule has 0 fully saturated rings. The van der Waals surface area contributed by atoms with Gasteiger partial charge in [0.05, 0.1) is 20.3 Å². The van der Waals surface area contributed by atoms with Crippen LogP contribution in [0, 0.1) is 12.3 Å². The number of hydrogen-bond acceptors (Lipinski definition) is 8. The van der Waals surface area contributed by atoms with Crippen molar-refractivity contribution in [1.29, 1.82) is 0 Å². The maximum absolute atomic E-state index is 14.6. The fraction of sp³-hybridized carbons (Fsp3) is 0.353. The number of terminal acetylenes is 1. The highest BCUT2D eigenvalue weighted by Gasteiger charge is 2.66. The van der Waals surface area contributed by atoms with E-state index in [1.54, 1.807) is 24.3 Å². The lowest BCUT2D eigenvalue weighted by atomic mass is 9.92. The minimum absolute atomic E-state index is 0.0331. The Hall–Kier alpha value is -4.58. The van der Waals surface area contributed by atoms with E-state index in [0.29, 0.717) is 25.5 Å². The zero-order valence-electron chi connectivity index (χ0n) is 26.0. The van der Waals surface area contributed by atoms with Crippen LogP contribution in [0.1, 0.15) is 23.1 Å². The van der Waals surface area contributed by atoms with Gasteiger partial charge in [0.1, 0.15) is 5.75 Å². The van der Waals surface area contributed by atoms with Crippen molar-refractivity contribution < 1.29 is 64.4 Å². The quantitative estimate of drug-likeness (QED) is 0.0803. The molecule has 4 atom stereocenters. The molecule has 0 saturated carbocycles. The molecule has 3 aromatic rings. The van der Waals surface area contributed by atoms with E-state index in [1.807, 2.05) is 5.92 Å². The topological polar surface area (TPSA) is 89.5 Å². The molecular weight excluding hydrogens is 650 g/mol. The molecule has 0 spiro atoms. The van der Waals surface area contributed by atoms with Crippen LogP contribution in [0.5, 0.6) is 5.75 Å². The standard InChI is InChI=1S/C34H32F6O8/c1-5-27(47-29(41)31(44-3,33(35,36)37)24-12-8-6-9-13-24)28(20-21-46-22-23-16-18-26(43-2)19-17-23)48-30(42)32(45-4,34(38,39)40)25-14-10-7-11-15-25/h1,6-19,27-28H,20-22H2,2-4H3/t27-,28-,31?,32?/m0/s1. The summed E-state index contributed by atoms with van der Waals surface area (Å²) in [5.41, 5.74) is -8.06. The van der Waals surface area contributed by atoms with Gasteiger partial charge in [-0.25, -0.2) is 9.59 Å². The Balaban J connectivity index is 1.98. The van der Waals surface area contributed by atoms with Crippen LogP contribution in [0.2, 0.25) is 0 Å². The third-order valence-electron chi connectivity index (χ3n) is 7.32. The summed E-state index contributed by atoms with van der Waals surface area (Å²) in [5, 5.41) is 0. The molecule has 0 aliphatic carbocycles. The highest BCUT2D eigenvalue weighted by molar-refractivity contribution is 5.84. The first kappa shape index (κ1) is 37.9. The zero-order valence-corrected chi connectivity index (χ0v) is 26.0. The van der Waals surface area contributed by atoms with Crippen molar-refractivity contribution in [3.8, 4) is 18.1 Å². The van der Waals surface area contributed by atoms with Crippen molar-refractivity contribution in [3.05, 3.63) is 102 Å². The predicted molar refractivity (Wildman–Crippen MR) is 158 cm³/mol. The first-order valence-electron chi connectivity index (χ1n) is 14.2. The van der Waals surface area contributed by atoms with Gasteiger partial charge in [-0.15, -0.1) is 6.42 Å². The van der Waals surface area contributed by atoms with Gasteiger partial charge in [0.2, 0.25) is 0 Å². The summed E-state index contributed by atoms with van der Waals surface area (Å²) in [4.78, 5) is 26.8. The number of alkyl halides is 6. The van der Waals surface area contributed by atoms with E-state index in [-0.39, 0.29) is 13.2 Å². The first-order valence-corrected chi connectivity index (χ1v) is 14.2. The summed E-state index contributed by atoms with van der Waals surface area (Å²) >= 11 is 0. The van der Waals surface area contributed by atoms with Gasteiger partial charge in [-0.05, 0) is 17.7 Å². The Morgan fingerprint density at radius 2 is 1.17 bits per heavy atom. The molecule has 14 heteroatoms. The smallest absolute Gasteiger partial charge is 0.432 e. The third-order valence-corrected chi connectivity index (χ3v) is 7.32. The van der Waals surface area contributed by atoms with Gasteiger partial charge in [-0.2, -0.15) is 26.3 Å². The molecule has 0 bridgehead atoms. The Morgan fingerprint density at radius 1 is 0.708 bits per heavy atom. The van der Waals surface area contributed by atoms with E-state index in [9.17, 15) is 35.9 Å². The second-order valence-corrected chi connectivity index (χ2v) is 10.1.